The van der Waals surface area contributed by atoms with Gasteiger partial charge in [-0.3, -0.25) is 4.79 Å². The Hall–Kier alpha value is -2.25. The molecule has 1 aliphatic heterocycles. The van der Waals surface area contributed by atoms with Gasteiger partial charge in [-0.05, 0) is 61.4 Å². The van der Waals surface area contributed by atoms with E-state index >= 15 is 0 Å². The van der Waals surface area contributed by atoms with Crippen molar-refractivity contribution in [2.75, 3.05) is 13.1 Å². The standard InChI is InChI=1S/C24H31FN2O3S/c1-18(17-24(2,3)20-7-5-4-6-8-20)26-23(28)19-13-15-27(16-14-19)31(29,30)22-11-9-21(25)10-12-22/h4-12,18-19H,13-17H2,1-3H3,(H,26,28)/t18-/m0/s1. The Bertz CT molecular complexity index is 983. The first-order chi connectivity index (χ1) is 14.6. The van der Waals surface area contributed by atoms with Gasteiger partial charge in [-0.25, -0.2) is 12.8 Å². The van der Waals surface area contributed by atoms with Crippen LogP contribution in [0.4, 0.5) is 4.39 Å². The van der Waals surface area contributed by atoms with E-state index in [2.05, 4.69) is 31.3 Å². The first kappa shape index (κ1) is 23.4. The fourth-order valence-electron chi connectivity index (χ4n) is 4.30. The second-order valence-corrected chi connectivity index (χ2v) is 10.9. The van der Waals surface area contributed by atoms with Crippen molar-refractivity contribution in [3.05, 3.63) is 66.0 Å². The van der Waals surface area contributed by atoms with Crippen LogP contribution in [0.15, 0.2) is 59.5 Å². The van der Waals surface area contributed by atoms with Crippen LogP contribution in [-0.4, -0.2) is 37.8 Å². The van der Waals surface area contributed by atoms with Gasteiger partial charge in [0.2, 0.25) is 15.9 Å². The number of rotatable bonds is 7. The fourth-order valence-corrected chi connectivity index (χ4v) is 5.77. The molecule has 0 radical (unpaired) electrons. The maximum absolute atomic E-state index is 13.1. The van der Waals surface area contributed by atoms with Gasteiger partial charge in [0.25, 0.3) is 0 Å². The Morgan fingerprint density at radius 1 is 1.10 bits per heavy atom. The van der Waals surface area contributed by atoms with Crippen LogP contribution >= 0.6 is 0 Å². The molecule has 0 saturated carbocycles. The molecule has 1 atom stereocenters. The summed E-state index contributed by atoms with van der Waals surface area (Å²) >= 11 is 0. The molecular formula is C24H31FN2O3S. The summed E-state index contributed by atoms with van der Waals surface area (Å²) in [5, 5.41) is 3.12. The number of hydrogen-bond acceptors (Lipinski definition) is 3. The molecule has 0 unspecified atom stereocenters. The molecule has 1 fully saturated rings. The van der Waals surface area contributed by atoms with Crippen LogP contribution in [0.3, 0.4) is 0 Å². The van der Waals surface area contributed by atoms with Crippen molar-refractivity contribution in [3.8, 4) is 0 Å². The van der Waals surface area contributed by atoms with Crippen LogP contribution in [0.2, 0.25) is 0 Å². The molecule has 1 amide bonds. The van der Waals surface area contributed by atoms with Crippen molar-refractivity contribution in [2.24, 2.45) is 5.92 Å². The van der Waals surface area contributed by atoms with Gasteiger partial charge in [-0.15, -0.1) is 0 Å². The zero-order valence-electron chi connectivity index (χ0n) is 18.3. The number of hydrogen-bond donors (Lipinski definition) is 1. The summed E-state index contributed by atoms with van der Waals surface area (Å²) in [6.07, 6.45) is 1.75. The number of piperidine rings is 1. The number of sulfonamides is 1. The highest BCUT2D eigenvalue weighted by Gasteiger charge is 2.33. The van der Waals surface area contributed by atoms with E-state index in [1.807, 2.05) is 25.1 Å². The molecule has 31 heavy (non-hydrogen) atoms. The first-order valence-corrected chi connectivity index (χ1v) is 12.2. The predicted molar refractivity (Wildman–Crippen MR) is 120 cm³/mol. The van der Waals surface area contributed by atoms with Crippen LogP contribution < -0.4 is 5.32 Å². The van der Waals surface area contributed by atoms with E-state index in [1.54, 1.807) is 0 Å². The van der Waals surface area contributed by atoms with E-state index in [0.29, 0.717) is 12.8 Å². The summed E-state index contributed by atoms with van der Waals surface area (Å²) < 4.78 is 40.0. The van der Waals surface area contributed by atoms with E-state index < -0.39 is 15.8 Å². The third kappa shape index (κ3) is 5.71. The van der Waals surface area contributed by atoms with Crippen molar-refractivity contribution in [3.63, 3.8) is 0 Å². The van der Waals surface area contributed by atoms with Crippen molar-refractivity contribution in [1.29, 1.82) is 0 Å². The topological polar surface area (TPSA) is 66.5 Å². The molecule has 1 saturated heterocycles. The Labute approximate surface area is 184 Å². The molecule has 7 heteroatoms. The Balaban J connectivity index is 1.53. The maximum Gasteiger partial charge on any atom is 0.243 e. The van der Waals surface area contributed by atoms with Crippen molar-refractivity contribution in [2.45, 2.75) is 56.4 Å². The minimum Gasteiger partial charge on any atom is -0.353 e. The molecule has 1 aliphatic rings. The SMILES string of the molecule is C[C@@H](CC(C)(C)c1ccccc1)NC(=O)C1CCN(S(=O)(=O)c2ccc(F)cc2)CC1. The zero-order chi connectivity index (χ0) is 22.6. The third-order valence-corrected chi connectivity index (χ3v) is 7.95. The predicted octanol–water partition coefficient (Wildman–Crippen LogP) is 4.10. The second-order valence-electron chi connectivity index (χ2n) is 9.00. The summed E-state index contributed by atoms with van der Waals surface area (Å²) in [7, 11) is -3.67. The number of halogens is 1. The molecule has 0 spiro atoms. The minimum atomic E-state index is -3.67. The largest absolute Gasteiger partial charge is 0.353 e. The molecule has 168 valence electrons. The lowest BCUT2D eigenvalue weighted by atomic mass is 9.79. The van der Waals surface area contributed by atoms with Gasteiger partial charge in [-0.2, -0.15) is 4.31 Å². The second kappa shape index (κ2) is 9.49. The lowest BCUT2D eigenvalue weighted by molar-refractivity contribution is -0.126. The highest BCUT2D eigenvalue weighted by Crippen LogP contribution is 2.29. The first-order valence-electron chi connectivity index (χ1n) is 10.7. The zero-order valence-corrected chi connectivity index (χ0v) is 19.2. The molecule has 0 aromatic heterocycles. The van der Waals surface area contributed by atoms with Crippen LogP contribution in [-0.2, 0) is 20.2 Å². The van der Waals surface area contributed by atoms with Crippen molar-refractivity contribution >= 4 is 15.9 Å². The molecule has 3 rings (SSSR count). The van der Waals surface area contributed by atoms with Crippen LogP contribution in [0.1, 0.15) is 45.6 Å². The summed E-state index contributed by atoms with van der Waals surface area (Å²) in [5.41, 5.74) is 1.16. The normalized spacial score (nSPS) is 17.3. The molecule has 2 aromatic rings. The minimum absolute atomic E-state index is 0.00341. The molecule has 1 heterocycles. The number of carbonyl (C=O) groups excluding carboxylic acids is 1. The number of amides is 1. The average molecular weight is 447 g/mol. The molecular weight excluding hydrogens is 415 g/mol. The fraction of sp³-hybridized carbons (Fsp3) is 0.458. The van der Waals surface area contributed by atoms with E-state index in [1.165, 1.54) is 22.0 Å². The van der Waals surface area contributed by atoms with Crippen molar-refractivity contribution in [1.82, 2.24) is 9.62 Å². The molecule has 2 aromatic carbocycles. The number of nitrogens with one attached hydrogen (secondary N) is 1. The van der Waals surface area contributed by atoms with Gasteiger partial charge in [0.05, 0.1) is 4.90 Å². The van der Waals surface area contributed by atoms with E-state index in [4.69, 9.17) is 0 Å². The van der Waals surface area contributed by atoms with Gasteiger partial charge in [0.1, 0.15) is 5.82 Å². The van der Waals surface area contributed by atoms with Gasteiger partial charge in [0, 0.05) is 25.0 Å². The highest BCUT2D eigenvalue weighted by molar-refractivity contribution is 7.89. The van der Waals surface area contributed by atoms with Crippen LogP contribution in [0, 0.1) is 11.7 Å². The van der Waals surface area contributed by atoms with Gasteiger partial charge >= 0.3 is 0 Å². The maximum atomic E-state index is 13.1. The summed E-state index contributed by atoms with van der Waals surface area (Å²) in [6.45, 7) is 6.91. The molecule has 0 aliphatic carbocycles. The number of benzene rings is 2. The number of nitrogens with zero attached hydrogens (tertiary/aromatic N) is 1. The van der Waals surface area contributed by atoms with E-state index in [9.17, 15) is 17.6 Å². The van der Waals surface area contributed by atoms with Crippen LogP contribution in [0.5, 0.6) is 0 Å². The molecule has 0 bridgehead atoms. The Kier molecular flexibility index (Phi) is 7.17. The summed E-state index contributed by atoms with van der Waals surface area (Å²) in [6, 6.07) is 15.1. The summed E-state index contributed by atoms with van der Waals surface area (Å²) in [5.74, 6) is -0.698. The van der Waals surface area contributed by atoms with E-state index in [-0.39, 0.29) is 41.3 Å². The molecule has 5 nitrogen and oxygen atoms in total. The molecule has 1 N–H and O–H groups in total. The number of carbonyl (C=O) groups is 1. The third-order valence-electron chi connectivity index (χ3n) is 6.04. The van der Waals surface area contributed by atoms with Crippen molar-refractivity contribution < 1.29 is 17.6 Å². The van der Waals surface area contributed by atoms with Gasteiger partial charge < -0.3 is 5.32 Å². The lowest BCUT2D eigenvalue weighted by Gasteiger charge is -2.33. The Morgan fingerprint density at radius 2 is 1.68 bits per heavy atom. The summed E-state index contributed by atoms with van der Waals surface area (Å²) in [4.78, 5) is 12.9. The van der Waals surface area contributed by atoms with Gasteiger partial charge in [-0.1, -0.05) is 44.2 Å². The Morgan fingerprint density at radius 3 is 2.26 bits per heavy atom. The smallest absolute Gasteiger partial charge is 0.243 e. The average Bonchev–Trinajstić information content (AvgIpc) is 2.74. The van der Waals surface area contributed by atoms with Gasteiger partial charge in [0.15, 0.2) is 0 Å². The monoisotopic (exact) mass is 446 g/mol. The van der Waals surface area contributed by atoms with Crippen LogP contribution in [0.25, 0.3) is 0 Å². The van der Waals surface area contributed by atoms with E-state index in [0.717, 1.165) is 18.6 Å². The quantitative estimate of drug-likeness (QED) is 0.696. The highest BCUT2D eigenvalue weighted by atomic mass is 32.2. The lowest BCUT2D eigenvalue weighted by Crippen LogP contribution is -2.45.